The maximum atomic E-state index is 5.95. The SMILES string of the molecule is N[C@H]1CC[C@H](Nc2ncc3ccc(C4CC4)nc3n2)CC1. The molecule has 0 spiro atoms. The molecular formula is C16H21N5. The summed E-state index contributed by atoms with van der Waals surface area (Å²) in [6.07, 6.45) is 8.73. The second kappa shape index (κ2) is 5.22. The molecule has 2 saturated carbocycles. The summed E-state index contributed by atoms with van der Waals surface area (Å²) in [4.78, 5) is 13.7. The molecule has 0 radical (unpaired) electrons. The minimum Gasteiger partial charge on any atom is -0.351 e. The lowest BCUT2D eigenvalue weighted by molar-refractivity contribution is 0.410. The van der Waals surface area contributed by atoms with Crippen LogP contribution in [-0.2, 0) is 0 Å². The van der Waals surface area contributed by atoms with Crippen LogP contribution in [0.1, 0.15) is 50.1 Å². The summed E-state index contributed by atoms with van der Waals surface area (Å²) in [5.74, 6) is 1.35. The zero-order chi connectivity index (χ0) is 14.2. The van der Waals surface area contributed by atoms with Gasteiger partial charge in [0, 0.05) is 35.3 Å². The maximum absolute atomic E-state index is 5.95. The molecule has 3 N–H and O–H groups in total. The minimum atomic E-state index is 0.364. The summed E-state index contributed by atoms with van der Waals surface area (Å²) in [5, 5.41) is 4.45. The third-order valence-corrected chi connectivity index (χ3v) is 4.57. The molecule has 0 bridgehead atoms. The molecule has 0 atom stereocenters. The predicted octanol–water partition coefficient (Wildman–Crippen LogP) is 2.58. The van der Waals surface area contributed by atoms with E-state index in [1.807, 2.05) is 6.20 Å². The van der Waals surface area contributed by atoms with Gasteiger partial charge < -0.3 is 11.1 Å². The Kier molecular flexibility index (Phi) is 3.22. The number of rotatable bonds is 3. The summed E-state index contributed by atoms with van der Waals surface area (Å²) in [5.41, 5.74) is 7.93. The van der Waals surface area contributed by atoms with Crippen LogP contribution in [-0.4, -0.2) is 27.0 Å². The summed E-state index contributed by atoms with van der Waals surface area (Å²) < 4.78 is 0. The fourth-order valence-electron chi connectivity index (χ4n) is 3.05. The average molecular weight is 283 g/mol. The van der Waals surface area contributed by atoms with Crippen LogP contribution in [0.4, 0.5) is 5.95 Å². The van der Waals surface area contributed by atoms with Gasteiger partial charge in [-0.3, -0.25) is 0 Å². The summed E-state index contributed by atoms with van der Waals surface area (Å²) in [6.45, 7) is 0. The van der Waals surface area contributed by atoms with Crippen molar-refractivity contribution in [3.05, 3.63) is 24.0 Å². The fraction of sp³-hybridized carbons (Fsp3) is 0.562. The lowest BCUT2D eigenvalue weighted by atomic mass is 9.92. The van der Waals surface area contributed by atoms with E-state index in [1.165, 1.54) is 18.5 Å². The zero-order valence-corrected chi connectivity index (χ0v) is 12.1. The fourth-order valence-corrected chi connectivity index (χ4v) is 3.05. The number of anilines is 1. The van der Waals surface area contributed by atoms with E-state index in [9.17, 15) is 0 Å². The standard InChI is InChI=1S/C16H21N5/c17-12-4-6-13(7-5-12)19-16-18-9-11-3-8-14(10-1-2-10)20-15(11)21-16/h3,8-10,12-13H,1-2,4-7,17H2,(H,18,19,20,21)/t12-,13-. The van der Waals surface area contributed by atoms with Crippen LogP contribution in [0, 0.1) is 0 Å². The Hall–Kier alpha value is -1.75. The van der Waals surface area contributed by atoms with Gasteiger partial charge in [-0.1, -0.05) is 0 Å². The maximum Gasteiger partial charge on any atom is 0.224 e. The molecule has 2 aliphatic carbocycles. The largest absolute Gasteiger partial charge is 0.351 e. The highest BCUT2D eigenvalue weighted by Crippen LogP contribution is 2.39. The van der Waals surface area contributed by atoms with Crippen LogP contribution in [0.5, 0.6) is 0 Å². The van der Waals surface area contributed by atoms with Crippen LogP contribution < -0.4 is 11.1 Å². The Morgan fingerprint density at radius 2 is 1.81 bits per heavy atom. The van der Waals surface area contributed by atoms with Crippen molar-refractivity contribution in [1.82, 2.24) is 15.0 Å². The molecule has 0 saturated heterocycles. The Labute approximate surface area is 124 Å². The zero-order valence-electron chi connectivity index (χ0n) is 12.1. The van der Waals surface area contributed by atoms with Gasteiger partial charge in [-0.05, 0) is 50.7 Å². The first-order chi connectivity index (χ1) is 10.3. The first-order valence-electron chi connectivity index (χ1n) is 7.94. The topological polar surface area (TPSA) is 76.7 Å². The normalized spacial score (nSPS) is 26.0. The van der Waals surface area contributed by atoms with Crippen LogP contribution >= 0.6 is 0 Å². The third-order valence-electron chi connectivity index (χ3n) is 4.57. The van der Waals surface area contributed by atoms with Crippen LogP contribution in [0.15, 0.2) is 18.3 Å². The second-order valence-corrected chi connectivity index (χ2v) is 6.37. The summed E-state index contributed by atoms with van der Waals surface area (Å²) >= 11 is 0. The van der Waals surface area contributed by atoms with Gasteiger partial charge in [0.1, 0.15) is 0 Å². The number of pyridine rings is 1. The molecule has 2 fully saturated rings. The van der Waals surface area contributed by atoms with Crippen molar-refractivity contribution in [3.63, 3.8) is 0 Å². The van der Waals surface area contributed by atoms with Crippen molar-refractivity contribution >= 4 is 17.0 Å². The molecule has 0 amide bonds. The molecule has 5 heteroatoms. The highest BCUT2D eigenvalue weighted by Gasteiger charge is 2.25. The van der Waals surface area contributed by atoms with Gasteiger partial charge >= 0.3 is 0 Å². The molecule has 4 rings (SSSR count). The number of nitrogens with zero attached hydrogens (tertiary/aromatic N) is 3. The monoisotopic (exact) mass is 283 g/mol. The first kappa shape index (κ1) is 13.0. The highest BCUT2D eigenvalue weighted by molar-refractivity contribution is 5.74. The number of hydrogen-bond acceptors (Lipinski definition) is 5. The van der Waals surface area contributed by atoms with Crippen LogP contribution in [0.2, 0.25) is 0 Å². The molecule has 21 heavy (non-hydrogen) atoms. The van der Waals surface area contributed by atoms with Crippen molar-refractivity contribution in [1.29, 1.82) is 0 Å². The molecule has 2 aliphatic rings. The number of hydrogen-bond donors (Lipinski definition) is 2. The predicted molar refractivity (Wildman–Crippen MR) is 83.2 cm³/mol. The second-order valence-electron chi connectivity index (χ2n) is 6.37. The van der Waals surface area contributed by atoms with E-state index < -0.39 is 0 Å². The number of fused-ring (bicyclic) bond motifs is 1. The van der Waals surface area contributed by atoms with E-state index >= 15 is 0 Å². The van der Waals surface area contributed by atoms with Gasteiger partial charge in [-0.2, -0.15) is 4.98 Å². The van der Waals surface area contributed by atoms with Gasteiger partial charge in [0.2, 0.25) is 5.95 Å². The molecular weight excluding hydrogens is 262 g/mol. The minimum absolute atomic E-state index is 0.364. The molecule has 0 aromatic carbocycles. The molecule has 2 heterocycles. The Morgan fingerprint density at radius 3 is 2.57 bits per heavy atom. The lowest BCUT2D eigenvalue weighted by Crippen LogP contribution is -2.33. The van der Waals surface area contributed by atoms with Crippen molar-refractivity contribution in [2.24, 2.45) is 5.73 Å². The van der Waals surface area contributed by atoms with E-state index in [1.54, 1.807) is 0 Å². The van der Waals surface area contributed by atoms with Crippen molar-refractivity contribution < 1.29 is 0 Å². The molecule has 0 unspecified atom stereocenters. The van der Waals surface area contributed by atoms with E-state index in [0.29, 0.717) is 23.9 Å². The van der Waals surface area contributed by atoms with Crippen molar-refractivity contribution in [2.75, 3.05) is 5.32 Å². The Bertz CT molecular complexity index is 644. The third kappa shape index (κ3) is 2.83. The van der Waals surface area contributed by atoms with Crippen LogP contribution in [0.3, 0.4) is 0 Å². The van der Waals surface area contributed by atoms with Crippen LogP contribution in [0.25, 0.3) is 11.0 Å². The van der Waals surface area contributed by atoms with Gasteiger partial charge in [-0.15, -0.1) is 0 Å². The van der Waals surface area contributed by atoms with E-state index in [4.69, 9.17) is 10.7 Å². The van der Waals surface area contributed by atoms with Gasteiger partial charge in [0.05, 0.1) is 0 Å². The summed E-state index contributed by atoms with van der Waals surface area (Å²) in [6, 6.07) is 5.00. The smallest absolute Gasteiger partial charge is 0.224 e. The molecule has 110 valence electrons. The highest BCUT2D eigenvalue weighted by atomic mass is 15.1. The van der Waals surface area contributed by atoms with Gasteiger partial charge in [-0.25, -0.2) is 9.97 Å². The van der Waals surface area contributed by atoms with Crippen molar-refractivity contribution in [2.45, 2.75) is 56.5 Å². The summed E-state index contributed by atoms with van der Waals surface area (Å²) in [7, 11) is 0. The Balaban J connectivity index is 1.54. The molecule has 2 aromatic heterocycles. The molecule has 2 aromatic rings. The number of nitrogens with one attached hydrogen (secondary N) is 1. The van der Waals surface area contributed by atoms with E-state index in [-0.39, 0.29) is 0 Å². The molecule has 0 aliphatic heterocycles. The number of nitrogens with two attached hydrogens (primary N) is 1. The van der Waals surface area contributed by atoms with E-state index in [2.05, 4.69) is 27.4 Å². The molecule has 5 nitrogen and oxygen atoms in total. The average Bonchev–Trinajstić information content (AvgIpc) is 3.34. The van der Waals surface area contributed by atoms with Crippen molar-refractivity contribution in [3.8, 4) is 0 Å². The quantitative estimate of drug-likeness (QED) is 0.905. The lowest BCUT2D eigenvalue weighted by Gasteiger charge is -2.26. The van der Waals surface area contributed by atoms with Gasteiger partial charge in [0.15, 0.2) is 5.65 Å². The van der Waals surface area contributed by atoms with E-state index in [0.717, 1.165) is 36.7 Å². The first-order valence-corrected chi connectivity index (χ1v) is 7.94. The van der Waals surface area contributed by atoms with Gasteiger partial charge in [0.25, 0.3) is 0 Å². The Morgan fingerprint density at radius 1 is 1.00 bits per heavy atom. The number of aromatic nitrogens is 3.